The number of benzene rings is 1. The van der Waals surface area contributed by atoms with Crippen LogP contribution in [-0.2, 0) is 10.9 Å². The largest absolute Gasteiger partial charge is 0.439 e. The van der Waals surface area contributed by atoms with Gasteiger partial charge in [-0.25, -0.2) is 4.79 Å². The number of rotatable bonds is 1. The predicted octanol–water partition coefficient (Wildman–Crippen LogP) is 3.67. The molecule has 2 saturated heterocycles. The second kappa shape index (κ2) is 4.40. The number of fused-ring (bicyclic) bond motifs is 1. The minimum atomic E-state index is -4.39. The molecular weight excluding hydrogens is 271 g/mol. The topological polar surface area (TPSA) is 29.5 Å². The van der Waals surface area contributed by atoms with Crippen molar-refractivity contribution in [3.05, 3.63) is 34.9 Å². The van der Waals surface area contributed by atoms with Gasteiger partial charge in [-0.1, -0.05) is 11.6 Å². The number of cyclic esters (lactones) is 1. The van der Waals surface area contributed by atoms with Crippen LogP contribution in [0.1, 0.15) is 35.6 Å². The number of halogens is 3. The van der Waals surface area contributed by atoms with Crippen molar-refractivity contribution in [2.45, 2.75) is 38.1 Å². The van der Waals surface area contributed by atoms with Crippen LogP contribution in [0.5, 0.6) is 0 Å². The van der Waals surface area contributed by atoms with E-state index in [9.17, 15) is 18.0 Å². The highest BCUT2D eigenvalue weighted by Gasteiger charge is 2.45. The van der Waals surface area contributed by atoms with Crippen molar-refractivity contribution in [2.24, 2.45) is 0 Å². The summed E-state index contributed by atoms with van der Waals surface area (Å²) in [6, 6.07) is 3.72. The van der Waals surface area contributed by atoms with Crippen LogP contribution in [-0.4, -0.2) is 23.6 Å². The number of nitrogens with zero attached hydrogens (tertiary/aromatic N) is 1. The number of carbonyl (C=O) groups is 1. The summed E-state index contributed by atoms with van der Waals surface area (Å²) in [7, 11) is 0. The molecule has 6 heteroatoms. The lowest BCUT2D eigenvalue weighted by molar-refractivity contribution is -0.137. The number of hydrogen-bond donors (Lipinski definition) is 0. The summed E-state index contributed by atoms with van der Waals surface area (Å²) in [5.41, 5.74) is 0.252. The van der Waals surface area contributed by atoms with E-state index in [2.05, 4.69) is 0 Å². The number of aryl methyl sites for hydroxylation is 1. The van der Waals surface area contributed by atoms with E-state index in [0.717, 1.165) is 25.0 Å². The Morgan fingerprint density at radius 2 is 2.05 bits per heavy atom. The summed E-state index contributed by atoms with van der Waals surface area (Å²) in [4.78, 5) is 13.3. The van der Waals surface area contributed by atoms with E-state index in [1.54, 1.807) is 17.9 Å². The van der Waals surface area contributed by atoms with Crippen molar-refractivity contribution < 1.29 is 22.7 Å². The molecule has 0 radical (unpaired) electrons. The molecule has 3 rings (SSSR count). The summed E-state index contributed by atoms with van der Waals surface area (Å²) < 4.78 is 43.8. The van der Waals surface area contributed by atoms with Gasteiger partial charge in [-0.15, -0.1) is 0 Å². The van der Waals surface area contributed by atoms with Crippen LogP contribution in [0.25, 0.3) is 0 Å². The Morgan fingerprint density at radius 1 is 1.30 bits per heavy atom. The lowest BCUT2D eigenvalue weighted by atomic mass is 9.97. The van der Waals surface area contributed by atoms with Crippen LogP contribution < -0.4 is 0 Å². The van der Waals surface area contributed by atoms with Crippen molar-refractivity contribution >= 4 is 6.09 Å². The molecule has 0 spiro atoms. The smallest absolute Gasteiger partial charge is 0.416 e. The van der Waals surface area contributed by atoms with Gasteiger partial charge in [-0.05, 0) is 37.5 Å². The molecule has 20 heavy (non-hydrogen) atoms. The van der Waals surface area contributed by atoms with Gasteiger partial charge in [0.15, 0.2) is 0 Å². The van der Waals surface area contributed by atoms with Gasteiger partial charge in [0.2, 0.25) is 0 Å². The number of hydrogen-bond acceptors (Lipinski definition) is 2. The molecule has 1 aromatic carbocycles. The zero-order valence-corrected chi connectivity index (χ0v) is 10.9. The molecule has 2 heterocycles. The molecule has 2 aliphatic heterocycles. The number of alkyl halides is 3. The molecule has 0 bridgehead atoms. The van der Waals surface area contributed by atoms with Gasteiger partial charge in [-0.2, -0.15) is 13.2 Å². The van der Waals surface area contributed by atoms with Gasteiger partial charge in [-0.3, -0.25) is 0 Å². The van der Waals surface area contributed by atoms with E-state index < -0.39 is 23.9 Å². The molecule has 2 aliphatic rings. The summed E-state index contributed by atoms with van der Waals surface area (Å²) in [6.07, 6.45) is -3.77. The normalized spacial score (nSPS) is 25.8. The highest BCUT2D eigenvalue weighted by molar-refractivity contribution is 5.71. The maximum absolute atomic E-state index is 12.9. The van der Waals surface area contributed by atoms with Crippen molar-refractivity contribution in [3.63, 3.8) is 0 Å². The zero-order chi connectivity index (χ0) is 14.5. The van der Waals surface area contributed by atoms with Crippen molar-refractivity contribution in [1.82, 2.24) is 4.90 Å². The minimum Gasteiger partial charge on any atom is -0.439 e. The summed E-state index contributed by atoms with van der Waals surface area (Å²) in [5.74, 6) is 0. The Balaban J connectivity index is 1.98. The molecule has 0 aliphatic carbocycles. The van der Waals surface area contributed by atoms with Gasteiger partial charge in [0.25, 0.3) is 0 Å². The van der Waals surface area contributed by atoms with E-state index >= 15 is 0 Å². The fourth-order valence-corrected chi connectivity index (χ4v) is 3.02. The second-order valence-electron chi connectivity index (χ2n) is 5.34. The first-order chi connectivity index (χ1) is 9.36. The third-order valence-corrected chi connectivity index (χ3v) is 3.87. The van der Waals surface area contributed by atoms with Crippen LogP contribution in [0.3, 0.4) is 0 Å². The fourth-order valence-electron chi connectivity index (χ4n) is 3.02. The monoisotopic (exact) mass is 285 g/mol. The van der Waals surface area contributed by atoms with E-state index in [1.165, 1.54) is 0 Å². The molecule has 0 aromatic heterocycles. The third kappa shape index (κ3) is 2.13. The van der Waals surface area contributed by atoms with Crippen LogP contribution in [0, 0.1) is 6.92 Å². The van der Waals surface area contributed by atoms with Gasteiger partial charge in [0, 0.05) is 6.54 Å². The molecular formula is C14H14F3NO2. The van der Waals surface area contributed by atoms with Crippen LogP contribution in [0.2, 0.25) is 0 Å². The lowest BCUT2D eigenvalue weighted by Crippen LogP contribution is -2.27. The van der Waals surface area contributed by atoms with E-state index in [0.29, 0.717) is 17.7 Å². The molecule has 3 nitrogen and oxygen atoms in total. The average molecular weight is 285 g/mol. The van der Waals surface area contributed by atoms with Crippen LogP contribution in [0.4, 0.5) is 18.0 Å². The summed E-state index contributed by atoms with van der Waals surface area (Å²) >= 11 is 0. The van der Waals surface area contributed by atoms with Crippen molar-refractivity contribution in [2.75, 3.05) is 6.54 Å². The van der Waals surface area contributed by atoms with E-state index in [4.69, 9.17) is 4.74 Å². The maximum Gasteiger partial charge on any atom is 0.416 e. The Kier molecular flexibility index (Phi) is 2.92. The number of amides is 1. The third-order valence-electron chi connectivity index (χ3n) is 3.87. The van der Waals surface area contributed by atoms with Crippen molar-refractivity contribution in [1.29, 1.82) is 0 Å². The quantitative estimate of drug-likeness (QED) is 0.788. The second-order valence-corrected chi connectivity index (χ2v) is 5.34. The predicted molar refractivity (Wildman–Crippen MR) is 65.1 cm³/mol. The van der Waals surface area contributed by atoms with Crippen LogP contribution in [0.15, 0.2) is 18.2 Å². The number of carbonyl (C=O) groups excluding carboxylic acids is 1. The van der Waals surface area contributed by atoms with Gasteiger partial charge < -0.3 is 9.64 Å². The first-order valence-corrected chi connectivity index (χ1v) is 6.52. The molecule has 108 valence electrons. The number of ether oxygens (including phenoxy) is 1. The van der Waals surface area contributed by atoms with Crippen LogP contribution >= 0.6 is 0 Å². The standard InChI is InChI=1S/C14H14F3NO2/c1-8-5-9(7-10(6-8)14(15,16)17)12-11-3-2-4-18(11)13(19)20-12/h5-7,11-12H,2-4H2,1H3/t11?,12-/m1/s1. The van der Waals surface area contributed by atoms with E-state index in [-0.39, 0.29) is 6.04 Å². The SMILES string of the molecule is Cc1cc([C@H]2OC(=O)N3CCCC23)cc(C(F)(F)F)c1. The molecule has 1 unspecified atom stereocenters. The van der Waals surface area contributed by atoms with Gasteiger partial charge in [0.05, 0.1) is 11.6 Å². The lowest BCUT2D eigenvalue weighted by Gasteiger charge is -2.18. The zero-order valence-electron chi connectivity index (χ0n) is 10.9. The first kappa shape index (κ1) is 13.3. The molecule has 2 fully saturated rings. The van der Waals surface area contributed by atoms with Crippen molar-refractivity contribution in [3.8, 4) is 0 Å². The Labute approximate surface area is 114 Å². The summed E-state index contributed by atoms with van der Waals surface area (Å²) in [5, 5.41) is 0. The molecule has 2 atom stereocenters. The molecule has 1 aromatic rings. The fraction of sp³-hybridized carbons (Fsp3) is 0.500. The highest BCUT2D eigenvalue weighted by atomic mass is 19.4. The van der Waals surface area contributed by atoms with Gasteiger partial charge in [0.1, 0.15) is 6.10 Å². The van der Waals surface area contributed by atoms with Gasteiger partial charge >= 0.3 is 12.3 Å². The molecule has 0 saturated carbocycles. The van der Waals surface area contributed by atoms with E-state index in [1.807, 2.05) is 0 Å². The summed E-state index contributed by atoms with van der Waals surface area (Å²) in [6.45, 7) is 2.24. The molecule has 0 N–H and O–H groups in total. The Bertz CT molecular complexity index is 556. The first-order valence-electron chi connectivity index (χ1n) is 6.52. The maximum atomic E-state index is 12.9. The Morgan fingerprint density at radius 3 is 2.75 bits per heavy atom. The average Bonchev–Trinajstić information content (AvgIpc) is 2.92. The molecule has 1 amide bonds. The minimum absolute atomic E-state index is 0.134. The highest BCUT2D eigenvalue weighted by Crippen LogP contribution is 2.40. The Hall–Kier alpha value is -1.72.